The molecule has 0 saturated heterocycles. The van der Waals surface area contributed by atoms with E-state index in [4.69, 9.17) is 34.5 Å². The molecule has 1 atom stereocenters. The molecule has 0 saturated carbocycles. The molecule has 7 aromatic rings. The molecule has 1 unspecified atom stereocenters. The molecular weight excluding hydrogens is 832 g/mol. The number of aromatic amines is 2. The maximum atomic E-state index is 13.4. The highest BCUT2D eigenvalue weighted by molar-refractivity contribution is 7.53. The lowest BCUT2D eigenvalue weighted by atomic mass is 10.2. The van der Waals surface area contributed by atoms with E-state index in [9.17, 15) is 23.6 Å². The number of hydrogen-bond acceptors (Lipinski definition) is 16. The van der Waals surface area contributed by atoms with Gasteiger partial charge in [-0.1, -0.05) is 91.0 Å². The Morgan fingerprint density at radius 2 is 0.984 bits per heavy atom. The van der Waals surface area contributed by atoms with Crippen LogP contribution in [0.3, 0.4) is 0 Å². The summed E-state index contributed by atoms with van der Waals surface area (Å²) < 4.78 is 55.9. The lowest BCUT2D eigenvalue weighted by Crippen LogP contribution is -2.13. The number of hydrogen-bond donors (Lipinski definition) is 6. The number of fused-ring (bicyclic) bond motifs is 2. The molecule has 9 N–H and O–H groups in total. The first-order chi connectivity index (χ1) is 29.5. The van der Waals surface area contributed by atoms with Crippen LogP contribution in [-0.4, -0.2) is 76.9 Å². The second-order valence-corrected chi connectivity index (χ2v) is 16.5. The summed E-state index contributed by atoms with van der Waals surface area (Å²) in [7, 11) is -5.92. The minimum Gasteiger partial charge on any atom is -0.369 e. The molecule has 61 heavy (non-hydrogen) atoms. The molecular formula is C38H47N11O10P2. The summed E-state index contributed by atoms with van der Waals surface area (Å²) in [4.78, 5) is 54.3. The maximum absolute atomic E-state index is 13.4. The van der Waals surface area contributed by atoms with Crippen LogP contribution in [-0.2, 0) is 65.1 Å². The Morgan fingerprint density at radius 3 is 1.39 bits per heavy atom. The first kappa shape index (κ1) is 46.2. The number of nitrogens with two attached hydrogens (primary N) is 3. The SMILES string of the molecule is CN.Nc1nc2c(ncn2CCOCP(=O)(O)OCc2ccccc2)c(=O)[nH]1.Nc1nc2c(ncn2CCOCP(=O)(OCc2ccccc2)OCc2ccccc2)c(=O)[nH]1. The standard InChI is InChI=1S/C22H24N5O5P.C15H18N5O5P.CH5N/c23-22-25-20-19(21(28)26-22)24-15-27(20)11-12-30-16-33(29,31-13-17-7-3-1-4-8-17)32-14-18-9-5-2-6-10-18;16-15-18-13-12(14(21)19-15)17-9-20(13)6-7-24-10-26(22,23)25-8-11-4-2-1-3-5-11;1-2/h1-10,15H,11-14,16H2,(H3,23,25,26,28);1-5,9H,6-8,10H2,(H,22,23)(H3,16,18,19,21);2H2,1H3. The summed E-state index contributed by atoms with van der Waals surface area (Å²) in [5.74, 6) is -0.0115. The van der Waals surface area contributed by atoms with E-state index in [2.05, 4.69) is 35.6 Å². The van der Waals surface area contributed by atoms with Crippen LogP contribution >= 0.6 is 15.2 Å². The summed E-state index contributed by atoms with van der Waals surface area (Å²) in [6, 6.07) is 27.9. The molecule has 0 radical (unpaired) electrons. The van der Waals surface area contributed by atoms with Crippen LogP contribution in [0.1, 0.15) is 16.7 Å². The highest BCUT2D eigenvalue weighted by Crippen LogP contribution is 2.49. The van der Waals surface area contributed by atoms with Gasteiger partial charge in [-0.2, -0.15) is 9.97 Å². The predicted octanol–water partition coefficient (Wildman–Crippen LogP) is 3.96. The predicted molar refractivity (Wildman–Crippen MR) is 228 cm³/mol. The monoisotopic (exact) mass is 879 g/mol. The zero-order valence-corrected chi connectivity index (χ0v) is 34.9. The second kappa shape index (κ2) is 22.7. The summed E-state index contributed by atoms with van der Waals surface area (Å²) in [5, 5.41) is 0. The van der Waals surface area contributed by atoms with Crippen LogP contribution in [0.2, 0.25) is 0 Å². The molecule has 0 amide bonds. The second-order valence-electron chi connectivity index (χ2n) is 12.7. The van der Waals surface area contributed by atoms with Gasteiger partial charge in [0.15, 0.2) is 22.3 Å². The van der Waals surface area contributed by atoms with Gasteiger partial charge in [0.1, 0.15) is 12.7 Å². The van der Waals surface area contributed by atoms with E-state index in [-0.39, 0.29) is 68.9 Å². The van der Waals surface area contributed by atoms with Gasteiger partial charge in [0.25, 0.3) is 11.1 Å². The number of H-pyrrole nitrogens is 2. The Kier molecular flexibility index (Phi) is 17.2. The van der Waals surface area contributed by atoms with Crippen LogP contribution < -0.4 is 28.3 Å². The average Bonchev–Trinajstić information content (AvgIpc) is 3.88. The Labute approximate surface area is 348 Å². The Bertz CT molecular complexity index is 2600. The molecule has 21 nitrogen and oxygen atoms in total. The minimum atomic E-state index is -3.87. The number of benzene rings is 3. The van der Waals surface area contributed by atoms with Gasteiger partial charge in [-0.15, -0.1) is 0 Å². The van der Waals surface area contributed by atoms with Crippen molar-refractivity contribution < 1.29 is 37.1 Å². The number of anilines is 2. The molecule has 0 spiro atoms. The van der Waals surface area contributed by atoms with Crippen LogP contribution in [0.25, 0.3) is 22.3 Å². The van der Waals surface area contributed by atoms with Gasteiger partial charge < -0.3 is 54.3 Å². The zero-order chi connectivity index (χ0) is 43.7. The molecule has 3 aromatic carbocycles. The highest BCUT2D eigenvalue weighted by atomic mass is 31.2. The average molecular weight is 880 g/mol. The fourth-order valence-corrected chi connectivity index (χ4v) is 7.40. The van der Waals surface area contributed by atoms with Gasteiger partial charge in [-0.25, -0.2) is 9.97 Å². The molecule has 0 aliphatic rings. The number of nitrogen functional groups attached to an aromatic ring is 2. The fraction of sp³-hybridized carbons (Fsp3) is 0.263. The number of imidazole rings is 2. The van der Waals surface area contributed by atoms with Crippen molar-refractivity contribution in [1.29, 1.82) is 0 Å². The molecule has 4 heterocycles. The van der Waals surface area contributed by atoms with Crippen LogP contribution in [0, 0.1) is 0 Å². The first-order valence-electron chi connectivity index (χ1n) is 18.6. The number of rotatable bonds is 19. The van der Waals surface area contributed by atoms with Gasteiger partial charge in [-0.05, 0) is 23.7 Å². The highest BCUT2D eigenvalue weighted by Gasteiger charge is 2.26. The van der Waals surface area contributed by atoms with Crippen molar-refractivity contribution >= 4 is 49.4 Å². The van der Waals surface area contributed by atoms with Crippen molar-refractivity contribution in [2.75, 3.05) is 44.4 Å². The third-order valence-corrected chi connectivity index (χ3v) is 10.8. The summed E-state index contributed by atoms with van der Waals surface area (Å²) in [6.07, 6.45) is 2.24. The molecule has 0 aliphatic carbocycles. The number of ether oxygens (including phenoxy) is 2. The maximum Gasteiger partial charge on any atom is 0.356 e. The zero-order valence-electron chi connectivity index (χ0n) is 33.1. The van der Waals surface area contributed by atoms with E-state index in [1.165, 1.54) is 19.7 Å². The van der Waals surface area contributed by atoms with Crippen LogP contribution in [0.5, 0.6) is 0 Å². The van der Waals surface area contributed by atoms with Crippen molar-refractivity contribution in [3.63, 3.8) is 0 Å². The normalized spacial score (nSPS) is 12.3. The molecule has 7 rings (SSSR count). The smallest absolute Gasteiger partial charge is 0.356 e. The van der Waals surface area contributed by atoms with Gasteiger partial charge in [0, 0.05) is 13.1 Å². The lowest BCUT2D eigenvalue weighted by Gasteiger charge is -2.19. The van der Waals surface area contributed by atoms with E-state index in [1.54, 1.807) is 21.3 Å². The van der Waals surface area contributed by atoms with E-state index in [0.29, 0.717) is 17.8 Å². The number of nitrogens with zero attached hydrogens (tertiary/aromatic N) is 6. The van der Waals surface area contributed by atoms with E-state index < -0.39 is 32.7 Å². The van der Waals surface area contributed by atoms with Gasteiger partial charge in [0.2, 0.25) is 11.9 Å². The van der Waals surface area contributed by atoms with E-state index in [0.717, 1.165) is 16.7 Å². The third-order valence-electron chi connectivity index (χ3n) is 8.26. The van der Waals surface area contributed by atoms with Crippen molar-refractivity contribution in [2.45, 2.75) is 32.9 Å². The number of aromatic nitrogens is 8. The van der Waals surface area contributed by atoms with Crippen molar-refractivity contribution in [2.24, 2.45) is 5.73 Å². The molecule has 4 aromatic heterocycles. The summed E-state index contributed by atoms with van der Waals surface area (Å²) >= 11 is 0. The largest absolute Gasteiger partial charge is 0.369 e. The Hall–Kier alpha value is -5.86. The summed E-state index contributed by atoms with van der Waals surface area (Å²) in [5.41, 5.74) is 18.4. The molecule has 0 aliphatic heterocycles. The Balaban J connectivity index is 0.000000228. The van der Waals surface area contributed by atoms with E-state index >= 15 is 0 Å². The minimum absolute atomic E-state index is 0.00305. The molecule has 0 fully saturated rings. The van der Waals surface area contributed by atoms with Crippen LogP contribution in [0.15, 0.2) is 113 Å². The van der Waals surface area contributed by atoms with E-state index in [1.807, 2.05) is 78.9 Å². The number of nitrogens with one attached hydrogen (secondary N) is 2. The fourth-order valence-electron chi connectivity index (χ4n) is 5.34. The quantitative estimate of drug-likeness (QED) is 0.0495. The van der Waals surface area contributed by atoms with Crippen LogP contribution in [0.4, 0.5) is 11.9 Å². The Morgan fingerprint density at radius 1 is 0.607 bits per heavy atom. The van der Waals surface area contributed by atoms with Gasteiger partial charge in [0.05, 0.1) is 45.7 Å². The van der Waals surface area contributed by atoms with Crippen molar-refractivity contribution in [3.05, 3.63) is 141 Å². The van der Waals surface area contributed by atoms with Crippen molar-refractivity contribution in [3.8, 4) is 0 Å². The van der Waals surface area contributed by atoms with Gasteiger partial charge >= 0.3 is 15.2 Å². The third kappa shape index (κ3) is 14.1. The molecule has 23 heteroatoms. The first-order valence-corrected chi connectivity index (χ1v) is 22.1. The topological polar surface area (TPSA) is 306 Å². The molecule has 324 valence electrons. The molecule has 0 bridgehead atoms. The summed E-state index contributed by atoms with van der Waals surface area (Å²) in [6.45, 7) is 1.18. The van der Waals surface area contributed by atoms with Gasteiger partial charge in [-0.3, -0.25) is 28.7 Å². The van der Waals surface area contributed by atoms with Crippen molar-refractivity contribution in [1.82, 2.24) is 39.0 Å². The lowest BCUT2D eigenvalue weighted by molar-refractivity contribution is 0.117.